The number of piperazine rings is 1. The van der Waals surface area contributed by atoms with Gasteiger partial charge in [0.25, 0.3) is 0 Å². The average molecular weight is 450 g/mol. The largest absolute Gasteiger partial charge is 0.497 e. The van der Waals surface area contributed by atoms with Gasteiger partial charge in [0.05, 0.1) is 14.2 Å². The number of hydrogen-bond donors (Lipinski definition) is 0. The van der Waals surface area contributed by atoms with Crippen molar-refractivity contribution >= 4 is 11.8 Å². The van der Waals surface area contributed by atoms with Crippen molar-refractivity contribution in [2.75, 3.05) is 71.5 Å². The Labute approximate surface area is 197 Å². The maximum Gasteiger partial charge on any atom is 0.168 e. The van der Waals surface area contributed by atoms with Gasteiger partial charge in [-0.05, 0) is 61.4 Å². The third-order valence-electron chi connectivity index (χ3n) is 7.17. The van der Waals surface area contributed by atoms with Gasteiger partial charge in [0, 0.05) is 56.6 Å². The molecule has 0 aromatic heterocycles. The van der Waals surface area contributed by atoms with Crippen molar-refractivity contribution in [2.45, 2.75) is 18.9 Å². The van der Waals surface area contributed by atoms with Crippen LogP contribution in [0, 0.1) is 0 Å². The average Bonchev–Trinajstić information content (AvgIpc) is 2.88. The Bertz CT molecular complexity index is 967. The summed E-state index contributed by atoms with van der Waals surface area (Å²) in [5, 5.41) is 0. The van der Waals surface area contributed by atoms with E-state index in [4.69, 9.17) is 14.2 Å². The van der Waals surface area contributed by atoms with Gasteiger partial charge in [0.15, 0.2) is 11.5 Å². The van der Waals surface area contributed by atoms with E-state index in [0.717, 1.165) is 62.1 Å². The Hall–Kier alpha value is -2.70. The molecule has 5 rings (SSSR count). The van der Waals surface area contributed by atoms with Crippen molar-refractivity contribution in [1.82, 2.24) is 9.80 Å². The molecule has 6 heteroatoms. The molecule has 1 atom stereocenters. The van der Waals surface area contributed by atoms with E-state index in [-0.39, 0.29) is 0 Å². The van der Waals surface area contributed by atoms with Crippen LogP contribution in [0.3, 0.4) is 0 Å². The predicted octanol–water partition coefficient (Wildman–Crippen LogP) is 3.77. The smallest absolute Gasteiger partial charge is 0.168 e. The molecule has 176 valence electrons. The van der Waals surface area contributed by atoms with Crippen LogP contribution in [0.1, 0.15) is 18.4 Å². The number of piperidine rings is 1. The molecule has 0 radical (unpaired) electrons. The van der Waals surface area contributed by atoms with Crippen molar-refractivity contribution < 1.29 is 14.2 Å². The summed E-state index contributed by atoms with van der Waals surface area (Å²) in [6.07, 6.45) is 4.86. The minimum Gasteiger partial charge on any atom is -0.497 e. The maximum absolute atomic E-state index is 6.07. The highest BCUT2D eigenvalue weighted by molar-refractivity contribution is 5.66. The second-order valence-corrected chi connectivity index (χ2v) is 9.22. The van der Waals surface area contributed by atoms with Crippen molar-refractivity contribution in [2.24, 2.45) is 0 Å². The first-order valence-electron chi connectivity index (χ1n) is 12.1. The first kappa shape index (κ1) is 22.1. The number of fused-ring (bicyclic) bond motifs is 1. The number of anilines is 1. The normalized spacial score (nSPS) is 21.7. The lowest BCUT2D eigenvalue weighted by molar-refractivity contribution is 0.0964. The minimum absolute atomic E-state index is 0.647. The lowest BCUT2D eigenvalue weighted by atomic mass is 10.0. The molecule has 3 aliphatic rings. The molecule has 2 fully saturated rings. The fourth-order valence-electron chi connectivity index (χ4n) is 5.38. The first-order chi connectivity index (χ1) is 16.2. The zero-order valence-electron chi connectivity index (χ0n) is 19.8. The Morgan fingerprint density at radius 2 is 1.76 bits per heavy atom. The monoisotopic (exact) mass is 449 g/mol. The summed E-state index contributed by atoms with van der Waals surface area (Å²) in [5.41, 5.74) is 3.77. The molecule has 2 aromatic carbocycles. The highest BCUT2D eigenvalue weighted by Crippen LogP contribution is 2.35. The van der Waals surface area contributed by atoms with Crippen LogP contribution in [0.15, 0.2) is 48.0 Å². The Morgan fingerprint density at radius 3 is 2.52 bits per heavy atom. The Morgan fingerprint density at radius 1 is 0.939 bits per heavy atom. The highest BCUT2D eigenvalue weighted by Gasteiger charge is 2.29. The second-order valence-electron chi connectivity index (χ2n) is 9.22. The summed E-state index contributed by atoms with van der Waals surface area (Å²) >= 11 is 0. The Kier molecular flexibility index (Phi) is 6.74. The number of benzene rings is 2. The molecule has 1 unspecified atom stereocenters. The molecule has 3 aliphatic heterocycles. The van der Waals surface area contributed by atoms with Crippen molar-refractivity contribution in [3.05, 3.63) is 53.6 Å². The molecule has 0 aliphatic carbocycles. The summed E-state index contributed by atoms with van der Waals surface area (Å²) < 4.78 is 16.8. The van der Waals surface area contributed by atoms with E-state index in [2.05, 4.69) is 51.1 Å². The quantitative estimate of drug-likeness (QED) is 0.669. The number of hydrogen-bond acceptors (Lipinski definition) is 6. The summed E-state index contributed by atoms with van der Waals surface area (Å²) in [4.78, 5) is 7.81. The summed E-state index contributed by atoms with van der Waals surface area (Å²) in [6.45, 7) is 8.37. The van der Waals surface area contributed by atoms with E-state index >= 15 is 0 Å². The molecule has 0 N–H and O–H groups in total. The molecule has 2 saturated heterocycles. The number of ether oxygens (including phenoxy) is 3. The third kappa shape index (κ3) is 4.97. The van der Waals surface area contributed by atoms with Crippen LogP contribution in [0.25, 0.3) is 6.08 Å². The molecule has 0 amide bonds. The van der Waals surface area contributed by atoms with E-state index < -0.39 is 0 Å². The van der Waals surface area contributed by atoms with Gasteiger partial charge < -0.3 is 19.1 Å². The van der Waals surface area contributed by atoms with Crippen molar-refractivity contribution in [3.63, 3.8) is 0 Å². The molecular weight excluding hydrogens is 414 g/mol. The van der Waals surface area contributed by atoms with E-state index in [1.54, 1.807) is 14.2 Å². The molecule has 0 bridgehead atoms. The van der Waals surface area contributed by atoms with Crippen LogP contribution in [0.5, 0.6) is 17.2 Å². The SMILES string of the molecule is COc1ccc(N2CCN(C3CCCN(CC4=Cc5cccc(OC)c5OC4)C3)CC2)cc1. The van der Waals surface area contributed by atoms with E-state index in [0.29, 0.717) is 12.6 Å². The fourth-order valence-corrected chi connectivity index (χ4v) is 5.38. The van der Waals surface area contributed by atoms with E-state index in [1.165, 1.54) is 30.6 Å². The number of para-hydroxylation sites is 1. The first-order valence-corrected chi connectivity index (χ1v) is 12.1. The zero-order valence-corrected chi connectivity index (χ0v) is 19.8. The molecular formula is C27H35N3O3. The summed E-state index contributed by atoms with van der Waals surface area (Å²) in [7, 11) is 3.41. The van der Waals surface area contributed by atoms with Gasteiger partial charge in [-0.1, -0.05) is 12.1 Å². The molecule has 0 saturated carbocycles. The predicted molar refractivity (Wildman–Crippen MR) is 133 cm³/mol. The topological polar surface area (TPSA) is 37.4 Å². The third-order valence-corrected chi connectivity index (χ3v) is 7.17. The fraction of sp³-hybridized carbons (Fsp3) is 0.481. The number of likely N-dealkylation sites (tertiary alicyclic amines) is 1. The van der Waals surface area contributed by atoms with Crippen LogP contribution in [0.4, 0.5) is 5.69 Å². The molecule has 2 aromatic rings. The van der Waals surface area contributed by atoms with Gasteiger partial charge in [0.1, 0.15) is 12.4 Å². The minimum atomic E-state index is 0.647. The highest BCUT2D eigenvalue weighted by atomic mass is 16.5. The lowest BCUT2D eigenvalue weighted by Crippen LogP contribution is -2.55. The van der Waals surface area contributed by atoms with Gasteiger partial charge in [-0.25, -0.2) is 0 Å². The number of methoxy groups -OCH3 is 2. The van der Waals surface area contributed by atoms with Crippen molar-refractivity contribution in [1.29, 1.82) is 0 Å². The molecule has 3 heterocycles. The van der Waals surface area contributed by atoms with Gasteiger partial charge in [-0.15, -0.1) is 0 Å². The second kappa shape index (κ2) is 10.1. The number of rotatable bonds is 6. The number of nitrogens with zero attached hydrogens (tertiary/aromatic N) is 3. The van der Waals surface area contributed by atoms with Crippen LogP contribution in [-0.4, -0.2) is 82.5 Å². The molecule has 0 spiro atoms. The van der Waals surface area contributed by atoms with E-state index in [9.17, 15) is 0 Å². The summed E-state index contributed by atoms with van der Waals surface area (Å²) in [5.74, 6) is 2.60. The summed E-state index contributed by atoms with van der Waals surface area (Å²) in [6, 6.07) is 15.2. The zero-order chi connectivity index (χ0) is 22.6. The Balaban J connectivity index is 1.16. The standard InChI is InChI=1S/C27H35N3O3/c1-31-25-10-8-23(9-11-25)29-13-15-30(16-14-29)24-6-4-12-28(19-24)18-21-17-22-5-3-7-26(32-2)27(22)33-20-21/h3,5,7-11,17,24H,4,6,12-16,18-20H2,1-2H3. The van der Waals surface area contributed by atoms with Gasteiger partial charge >= 0.3 is 0 Å². The van der Waals surface area contributed by atoms with Gasteiger partial charge in [-0.2, -0.15) is 0 Å². The van der Waals surface area contributed by atoms with Crippen LogP contribution < -0.4 is 19.1 Å². The van der Waals surface area contributed by atoms with Gasteiger partial charge in [0.2, 0.25) is 0 Å². The van der Waals surface area contributed by atoms with Crippen LogP contribution >= 0.6 is 0 Å². The van der Waals surface area contributed by atoms with Crippen LogP contribution in [0.2, 0.25) is 0 Å². The molecule has 6 nitrogen and oxygen atoms in total. The van der Waals surface area contributed by atoms with Gasteiger partial charge in [-0.3, -0.25) is 9.80 Å². The maximum atomic E-state index is 6.07. The van der Waals surface area contributed by atoms with E-state index in [1.807, 2.05) is 12.1 Å². The molecule has 33 heavy (non-hydrogen) atoms. The lowest BCUT2D eigenvalue weighted by Gasteiger charge is -2.44. The van der Waals surface area contributed by atoms with Crippen LogP contribution in [-0.2, 0) is 0 Å². The van der Waals surface area contributed by atoms with Crippen molar-refractivity contribution in [3.8, 4) is 17.2 Å².